The van der Waals surface area contributed by atoms with Gasteiger partial charge >= 0.3 is 0 Å². The van der Waals surface area contributed by atoms with E-state index in [1.54, 1.807) is 32.7 Å². The number of benzene rings is 1. The Balaban J connectivity index is 2.19. The van der Waals surface area contributed by atoms with Gasteiger partial charge in [-0.05, 0) is 18.4 Å². The van der Waals surface area contributed by atoms with E-state index in [1.165, 1.54) is 4.88 Å². The van der Waals surface area contributed by atoms with Gasteiger partial charge in [-0.15, -0.1) is 11.3 Å². The zero-order valence-electron chi connectivity index (χ0n) is 16.0. The van der Waals surface area contributed by atoms with Crippen LogP contribution in [-0.4, -0.2) is 40.4 Å². The zero-order chi connectivity index (χ0) is 18.9. The monoisotopic (exact) mass is 377 g/mol. The summed E-state index contributed by atoms with van der Waals surface area (Å²) in [7, 11) is 4.79. The average molecular weight is 378 g/mol. The van der Waals surface area contributed by atoms with E-state index in [0.29, 0.717) is 35.7 Å². The predicted octanol–water partition coefficient (Wildman–Crippen LogP) is 3.96. The Bertz CT molecular complexity index is 692. The topological polar surface area (TPSA) is 64.1 Å². The molecule has 0 fully saturated rings. The molecule has 7 heteroatoms. The first-order valence-electron chi connectivity index (χ1n) is 8.51. The first-order chi connectivity index (χ1) is 12.6. The molecule has 0 aliphatic rings. The Morgan fingerprint density at radius 2 is 1.85 bits per heavy atom. The van der Waals surface area contributed by atoms with Crippen LogP contribution in [0.1, 0.15) is 24.6 Å². The van der Waals surface area contributed by atoms with Crippen molar-refractivity contribution in [2.24, 2.45) is 4.99 Å². The quantitative estimate of drug-likeness (QED) is 0.539. The van der Waals surface area contributed by atoms with Crippen LogP contribution in [0.4, 0.5) is 5.69 Å². The van der Waals surface area contributed by atoms with Crippen LogP contribution in [0.5, 0.6) is 17.2 Å². The summed E-state index contributed by atoms with van der Waals surface area (Å²) in [5, 5.41) is 8.66. The molecule has 0 aliphatic carbocycles. The van der Waals surface area contributed by atoms with Crippen molar-refractivity contribution in [2.45, 2.75) is 19.8 Å². The molecule has 1 unspecified atom stereocenters. The van der Waals surface area contributed by atoms with Crippen molar-refractivity contribution in [2.75, 3.05) is 39.7 Å². The number of rotatable bonds is 8. The second-order valence-electron chi connectivity index (χ2n) is 5.68. The van der Waals surface area contributed by atoms with Gasteiger partial charge in [0.25, 0.3) is 0 Å². The molecule has 0 aliphatic heterocycles. The Morgan fingerprint density at radius 1 is 1.15 bits per heavy atom. The Hall–Kier alpha value is -2.41. The molecule has 1 heterocycles. The predicted molar refractivity (Wildman–Crippen MR) is 108 cm³/mol. The number of nitrogens with zero attached hydrogens (tertiary/aromatic N) is 1. The maximum Gasteiger partial charge on any atom is 0.203 e. The van der Waals surface area contributed by atoms with Crippen molar-refractivity contribution in [3.8, 4) is 17.2 Å². The van der Waals surface area contributed by atoms with E-state index in [9.17, 15) is 0 Å². The summed E-state index contributed by atoms with van der Waals surface area (Å²) in [6.45, 7) is 5.68. The zero-order valence-corrected chi connectivity index (χ0v) is 16.8. The van der Waals surface area contributed by atoms with Crippen LogP contribution in [0.15, 0.2) is 34.6 Å². The van der Waals surface area contributed by atoms with Crippen molar-refractivity contribution in [1.29, 1.82) is 0 Å². The minimum Gasteiger partial charge on any atom is -0.493 e. The average Bonchev–Trinajstić information content (AvgIpc) is 3.20. The molecule has 6 nitrogen and oxygen atoms in total. The van der Waals surface area contributed by atoms with E-state index in [0.717, 1.165) is 12.2 Å². The highest BCUT2D eigenvalue weighted by Gasteiger charge is 2.14. The fraction of sp³-hybridized carbons (Fsp3) is 0.421. The van der Waals surface area contributed by atoms with Crippen LogP contribution in [0.2, 0.25) is 0 Å². The molecule has 0 radical (unpaired) electrons. The molecule has 142 valence electrons. The smallest absolute Gasteiger partial charge is 0.203 e. The summed E-state index contributed by atoms with van der Waals surface area (Å²) in [4.78, 5) is 6.04. The first-order valence-corrected chi connectivity index (χ1v) is 9.39. The van der Waals surface area contributed by atoms with Gasteiger partial charge in [0, 0.05) is 35.2 Å². The molecule has 1 aromatic heterocycles. The van der Waals surface area contributed by atoms with Gasteiger partial charge in [-0.1, -0.05) is 13.0 Å². The molecule has 2 rings (SSSR count). The lowest BCUT2D eigenvalue weighted by molar-refractivity contribution is 0.324. The summed E-state index contributed by atoms with van der Waals surface area (Å²) in [6, 6.07) is 7.93. The Labute approximate surface area is 159 Å². The van der Waals surface area contributed by atoms with Crippen LogP contribution in [0, 0.1) is 0 Å². The van der Waals surface area contributed by atoms with Crippen LogP contribution < -0.4 is 24.8 Å². The molecule has 0 amide bonds. The van der Waals surface area contributed by atoms with Gasteiger partial charge in [-0.25, -0.2) is 0 Å². The van der Waals surface area contributed by atoms with E-state index >= 15 is 0 Å². The number of methoxy groups -OCH3 is 3. The number of thiophene rings is 1. The Kier molecular flexibility index (Phi) is 7.59. The normalized spacial score (nSPS) is 12.4. The van der Waals surface area contributed by atoms with E-state index in [-0.39, 0.29) is 0 Å². The molecular weight excluding hydrogens is 350 g/mol. The number of hydrogen-bond acceptors (Lipinski definition) is 5. The molecular formula is C19H27N3O3S. The summed E-state index contributed by atoms with van der Waals surface area (Å²) in [5.41, 5.74) is 0.808. The van der Waals surface area contributed by atoms with Gasteiger partial charge in [0.1, 0.15) is 0 Å². The van der Waals surface area contributed by atoms with Gasteiger partial charge in [-0.2, -0.15) is 0 Å². The standard InChI is InChI=1S/C19H27N3O3S/c1-6-20-19(21-12-13(2)17-8-7-9-26-17)22-14-10-15(23-3)18(25-5)16(11-14)24-4/h7-11,13H,6,12H2,1-5H3,(H2,20,21,22). The summed E-state index contributed by atoms with van der Waals surface area (Å²) in [6.07, 6.45) is 0. The van der Waals surface area contributed by atoms with Gasteiger partial charge in [0.15, 0.2) is 17.5 Å². The lowest BCUT2D eigenvalue weighted by atomic mass is 10.1. The van der Waals surface area contributed by atoms with Gasteiger partial charge in [0.05, 0.1) is 27.9 Å². The van der Waals surface area contributed by atoms with Crippen LogP contribution in [0.25, 0.3) is 0 Å². The van der Waals surface area contributed by atoms with Crippen LogP contribution in [-0.2, 0) is 0 Å². The molecule has 0 saturated heterocycles. The number of aliphatic imine (C=N–C) groups is 1. The van der Waals surface area contributed by atoms with Crippen molar-refractivity contribution in [3.63, 3.8) is 0 Å². The highest BCUT2D eigenvalue weighted by atomic mass is 32.1. The van der Waals surface area contributed by atoms with Gasteiger partial charge < -0.3 is 24.8 Å². The number of nitrogens with one attached hydrogen (secondary N) is 2. The number of hydrogen-bond donors (Lipinski definition) is 2. The maximum absolute atomic E-state index is 5.40. The van der Waals surface area contributed by atoms with Crippen molar-refractivity contribution in [3.05, 3.63) is 34.5 Å². The second kappa shape index (κ2) is 9.91. The van der Waals surface area contributed by atoms with E-state index in [1.807, 2.05) is 19.1 Å². The van der Waals surface area contributed by atoms with E-state index < -0.39 is 0 Å². The molecule has 26 heavy (non-hydrogen) atoms. The minimum atomic E-state index is 0.366. The molecule has 2 N–H and O–H groups in total. The van der Waals surface area contributed by atoms with Gasteiger partial charge in [0.2, 0.25) is 5.75 Å². The highest BCUT2D eigenvalue weighted by Crippen LogP contribution is 2.39. The van der Waals surface area contributed by atoms with Crippen molar-refractivity contribution in [1.82, 2.24) is 5.32 Å². The fourth-order valence-corrected chi connectivity index (χ4v) is 3.27. The summed E-state index contributed by atoms with van der Waals surface area (Å²) >= 11 is 1.76. The largest absolute Gasteiger partial charge is 0.493 e. The third-order valence-electron chi connectivity index (χ3n) is 3.82. The molecule has 1 aromatic carbocycles. The van der Waals surface area contributed by atoms with Gasteiger partial charge in [-0.3, -0.25) is 4.99 Å². The molecule has 0 spiro atoms. The van der Waals surface area contributed by atoms with E-state index in [2.05, 4.69) is 35.1 Å². The fourth-order valence-electron chi connectivity index (χ4n) is 2.49. The molecule has 1 atom stereocenters. The highest BCUT2D eigenvalue weighted by molar-refractivity contribution is 7.10. The molecule has 0 bridgehead atoms. The molecule has 2 aromatic rings. The van der Waals surface area contributed by atoms with Crippen molar-refractivity contribution < 1.29 is 14.2 Å². The Morgan fingerprint density at radius 3 is 2.35 bits per heavy atom. The molecule has 0 saturated carbocycles. The van der Waals surface area contributed by atoms with Crippen LogP contribution >= 0.6 is 11.3 Å². The number of guanidine groups is 1. The first kappa shape index (κ1) is 19.9. The third-order valence-corrected chi connectivity index (χ3v) is 4.93. The number of anilines is 1. The van der Waals surface area contributed by atoms with Crippen LogP contribution in [0.3, 0.4) is 0 Å². The van der Waals surface area contributed by atoms with E-state index in [4.69, 9.17) is 19.2 Å². The summed E-state index contributed by atoms with van der Waals surface area (Å²) < 4.78 is 16.2. The van der Waals surface area contributed by atoms with Crippen molar-refractivity contribution >= 4 is 23.0 Å². The third kappa shape index (κ3) is 5.05. The lowest BCUT2D eigenvalue weighted by Crippen LogP contribution is -2.31. The SMILES string of the molecule is CCNC(=NCC(C)c1cccs1)Nc1cc(OC)c(OC)c(OC)c1. The number of ether oxygens (including phenoxy) is 3. The second-order valence-corrected chi connectivity index (χ2v) is 6.65. The maximum atomic E-state index is 5.40. The lowest BCUT2D eigenvalue weighted by Gasteiger charge is -2.17. The summed E-state index contributed by atoms with van der Waals surface area (Å²) in [5.74, 6) is 2.83. The minimum absolute atomic E-state index is 0.366.